The van der Waals surface area contributed by atoms with Gasteiger partial charge in [-0.05, 0) is 33.0 Å². The van der Waals surface area contributed by atoms with Crippen LogP contribution in [0, 0.1) is 0 Å². The smallest absolute Gasteiger partial charge is 0.111 e. The van der Waals surface area contributed by atoms with E-state index in [0.717, 1.165) is 25.5 Å². The topological polar surface area (TPSA) is 12.5 Å². The Morgan fingerprint density at radius 1 is 1.46 bits per heavy atom. The first-order valence-electron chi connectivity index (χ1n) is 4.83. The summed E-state index contributed by atoms with van der Waals surface area (Å²) in [4.78, 5) is 2.25. The fourth-order valence-corrected chi connectivity index (χ4v) is 1.06. The fraction of sp³-hybridized carbons (Fsp3) is 0.636. The van der Waals surface area contributed by atoms with Crippen LogP contribution in [0.5, 0.6) is 0 Å². The Balaban J connectivity index is 3.39. The zero-order valence-electron chi connectivity index (χ0n) is 9.05. The van der Waals surface area contributed by atoms with Gasteiger partial charge in [-0.1, -0.05) is 19.6 Å². The van der Waals surface area contributed by atoms with E-state index >= 15 is 0 Å². The average Bonchev–Trinajstić information content (AvgIpc) is 2.05. The monoisotopic (exact) mass is 183 g/mol. The van der Waals surface area contributed by atoms with Gasteiger partial charge in [-0.15, -0.1) is 0 Å². The minimum atomic E-state index is 0.722. The quantitative estimate of drug-likeness (QED) is 0.444. The summed E-state index contributed by atoms with van der Waals surface area (Å²) in [6, 6.07) is 0. The van der Waals surface area contributed by atoms with Crippen molar-refractivity contribution in [2.45, 2.75) is 20.3 Å². The standard InChI is InChI=1S/C11H21NO/c1-5-7-11(3)13-10-9-12(4)8-6-2/h5,7H,3,6,8-10H2,1-2,4H3/b7-5-. The van der Waals surface area contributed by atoms with E-state index in [2.05, 4.69) is 25.5 Å². The van der Waals surface area contributed by atoms with Gasteiger partial charge in [-0.2, -0.15) is 0 Å². The number of allylic oxidation sites excluding steroid dienone is 2. The van der Waals surface area contributed by atoms with Crippen molar-refractivity contribution in [3.63, 3.8) is 0 Å². The molecule has 2 heteroatoms. The summed E-state index contributed by atoms with van der Waals surface area (Å²) >= 11 is 0. The summed E-state index contributed by atoms with van der Waals surface area (Å²) in [6.07, 6.45) is 4.99. The van der Waals surface area contributed by atoms with E-state index in [0.29, 0.717) is 0 Å². The lowest BCUT2D eigenvalue weighted by molar-refractivity contribution is 0.181. The van der Waals surface area contributed by atoms with Gasteiger partial charge in [-0.25, -0.2) is 0 Å². The minimum Gasteiger partial charge on any atom is -0.493 e. The second-order valence-electron chi connectivity index (χ2n) is 3.12. The summed E-state index contributed by atoms with van der Waals surface area (Å²) in [5, 5.41) is 0. The molecule has 0 aliphatic carbocycles. The molecule has 0 saturated heterocycles. The fourth-order valence-electron chi connectivity index (χ4n) is 1.06. The number of hydrogen-bond donors (Lipinski definition) is 0. The van der Waals surface area contributed by atoms with Crippen molar-refractivity contribution in [2.75, 3.05) is 26.7 Å². The first-order chi connectivity index (χ1) is 6.20. The first kappa shape index (κ1) is 12.2. The van der Waals surface area contributed by atoms with Crippen molar-refractivity contribution in [3.8, 4) is 0 Å². The Bertz CT molecular complexity index is 163. The Hall–Kier alpha value is -0.760. The van der Waals surface area contributed by atoms with Crippen molar-refractivity contribution >= 4 is 0 Å². The molecular formula is C11H21NO. The molecule has 0 radical (unpaired) electrons. The van der Waals surface area contributed by atoms with Crippen LogP contribution in [0.1, 0.15) is 20.3 Å². The van der Waals surface area contributed by atoms with Crippen LogP contribution >= 0.6 is 0 Å². The van der Waals surface area contributed by atoms with Crippen LogP contribution in [-0.2, 0) is 4.74 Å². The second-order valence-corrected chi connectivity index (χ2v) is 3.12. The first-order valence-corrected chi connectivity index (χ1v) is 4.83. The van der Waals surface area contributed by atoms with Crippen LogP contribution in [0.15, 0.2) is 24.5 Å². The molecule has 0 bridgehead atoms. The molecule has 0 aliphatic heterocycles. The van der Waals surface area contributed by atoms with Gasteiger partial charge in [0.15, 0.2) is 0 Å². The van der Waals surface area contributed by atoms with Crippen LogP contribution < -0.4 is 0 Å². The lowest BCUT2D eigenvalue weighted by atomic mass is 10.4. The summed E-state index contributed by atoms with van der Waals surface area (Å²) in [6.45, 7) is 10.7. The lowest BCUT2D eigenvalue weighted by Crippen LogP contribution is -2.23. The third kappa shape index (κ3) is 7.60. The molecule has 0 rings (SSSR count). The van der Waals surface area contributed by atoms with Gasteiger partial charge in [0.05, 0.1) is 0 Å². The highest BCUT2D eigenvalue weighted by molar-refractivity contribution is 5.05. The number of nitrogens with zero attached hydrogens (tertiary/aromatic N) is 1. The van der Waals surface area contributed by atoms with Crippen LogP contribution in [0.4, 0.5) is 0 Å². The Kier molecular flexibility index (Phi) is 7.41. The molecule has 13 heavy (non-hydrogen) atoms. The van der Waals surface area contributed by atoms with Gasteiger partial charge in [0.1, 0.15) is 12.4 Å². The van der Waals surface area contributed by atoms with Crippen LogP contribution in [-0.4, -0.2) is 31.6 Å². The summed E-state index contributed by atoms with van der Waals surface area (Å²) in [5.41, 5.74) is 0. The van der Waals surface area contributed by atoms with Gasteiger partial charge < -0.3 is 9.64 Å². The molecule has 0 saturated carbocycles. The maximum atomic E-state index is 5.38. The molecule has 0 aliphatic rings. The molecule has 76 valence electrons. The van der Waals surface area contributed by atoms with Gasteiger partial charge in [0.25, 0.3) is 0 Å². The molecule has 0 amide bonds. The summed E-state index contributed by atoms with van der Waals surface area (Å²) in [7, 11) is 2.10. The maximum absolute atomic E-state index is 5.38. The van der Waals surface area contributed by atoms with Gasteiger partial charge >= 0.3 is 0 Å². The molecule has 0 fully saturated rings. The third-order valence-electron chi connectivity index (χ3n) is 1.72. The third-order valence-corrected chi connectivity index (χ3v) is 1.72. The van der Waals surface area contributed by atoms with Crippen LogP contribution in [0.25, 0.3) is 0 Å². The van der Waals surface area contributed by atoms with Gasteiger partial charge in [-0.3, -0.25) is 0 Å². The molecule has 0 aromatic heterocycles. The summed E-state index contributed by atoms with van der Waals surface area (Å²) in [5.74, 6) is 0.743. The number of hydrogen-bond acceptors (Lipinski definition) is 2. The largest absolute Gasteiger partial charge is 0.493 e. The van der Waals surface area contributed by atoms with Gasteiger partial charge in [0, 0.05) is 6.54 Å². The zero-order chi connectivity index (χ0) is 10.1. The molecule has 0 spiro atoms. The average molecular weight is 183 g/mol. The highest BCUT2D eigenvalue weighted by atomic mass is 16.5. The lowest BCUT2D eigenvalue weighted by Gasteiger charge is -2.15. The number of rotatable bonds is 7. The normalized spacial score (nSPS) is 11.1. The predicted molar refractivity (Wildman–Crippen MR) is 57.7 cm³/mol. The van der Waals surface area contributed by atoms with E-state index in [4.69, 9.17) is 4.74 Å². The van der Waals surface area contributed by atoms with Crippen molar-refractivity contribution in [3.05, 3.63) is 24.5 Å². The molecule has 0 N–H and O–H groups in total. The predicted octanol–water partition coefficient (Wildman–Crippen LogP) is 2.43. The highest BCUT2D eigenvalue weighted by Crippen LogP contribution is 1.95. The molecule has 0 heterocycles. The molecule has 0 unspecified atom stereocenters. The van der Waals surface area contributed by atoms with E-state index in [-0.39, 0.29) is 0 Å². The van der Waals surface area contributed by atoms with Crippen molar-refractivity contribution < 1.29 is 4.74 Å². The van der Waals surface area contributed by atoms with E-state index in [1.807, 2.05) is 19.1 Å². The molecule has 0 aromatic carbocycles. The zero-order valence-corrected chi connectivity index (χ0v) is 9.05. The highest BCUT2D eigenvalue weighted by Gasteiger charge is 1.96. The number of ether oxygens (including phenoxy) is 1. The van der Waals surface area contributed by atoms with Crippen molar-refractivity contribution in [1.29, 1.82) is 0 Å². The van der Waals surface area contributed by atoms with E-state index in [1.165, 1.54) is 6.42 Å². The Morgan fingerprint density at radius 2 is 2.15 bits per heavy atom. The Morgan fingerprint density at radius 3 is 2.69 bits per heavy atom. The molecule has 2 nitrogen and oxygen atoms in total. The van der Waals surface area contributed by atoms with Crippen LogP contribution in [0.3, 0.4) is 0 Å². The minimum absolute atomic E-state index is 0.722. The Labute approximate surface area is 81.9 Å². The maximum Gasteiger partial charge on any atom is 0.111 e. The van der Waals surface area contributed by atoms with Crippen LogP contribution in [0.2, 0.25) is 0 Å². The van der Waals surface area contributed by atoms with Crippen molar-refractivity contribution in [1.82, 2.24) is 4.90 Å². The van der Waals surface area contributed by atoms with Gasteiger partial charge in [0.2, 0.25) is 0 Å². The SMILES string of the molecule is C=C(/C=C\C)OCCN(C)CCC. The molecule has 0 atom stereocenters. The summed E-state index contributed by atoms with van der Waals surface area (Å²) < 4.78 is 5.38. The number of likely N-dealkylation sites (N-methyl/N-ethyl adjacent to an activating group) is 1. The van der Waals surface area contributed by atoms with Crippen molar-refractivity contribution in [2.24, 2.45) is 0 Å². The molecule has 0 aromatic rings. The van der Waals surface area contributed by atoms with E-state index < -0.39 is 0 Å². The van der Waals surface area contributed by atoms with E-state index in [1.54, 1.807) is 0 Å². The molecular weight excluding hydrogens is 162 g/mol. The van der Waals surface area contributed by atoms with E-state index in [9.17, 15) is 0 Å². The second kappa shape index (κ2) is 7.87.